The molecule has 0 radical (unpaired) electrons. The number of nitrogens with one attached hydrogen (secondary N) is 1. The minimum Gasteiger partial charge on any atom is -0.383 e. The highest BCUT2D eigenvalue weighted by atomic mass is 16.5. The van der Waals surface area contributed by atoms with Crippen LogP contribution in [0.1, 0.15) is 18.4 Å². The van der Waals surface area contributed by atoms with E-state index in [1.54, 1.807) is 0 Å². The molecule has 0 spiro atoms. The van der Waals surface area contributed by atoms with Crippen molar-refractivity contribution in [2.45, 2.75) is 18.4 Å². The third-order valence-corrected chi connectivity index (χ3v) is 3.91. The number of hydrogen-bond donors (Lipinski definition) is 3. The number of aliphatic hydroxyl groups is 1. The maximum atomic E-state index is 11.4. The molecule has 6 nitrogen and oxygen atoms in total. The van der Waals surface area contributed by atoms with Gasteiger partial charge in [0.1, 0.15) is 5.60 Å². The van der Waals surface area contributed by atoms with Gasteiger partial charge in [-0.3, -0.25) is 9.59 Å². The Morgan fingerprint density at radius 2 is 1.90 bits per heavy atom. The molecule has 1 aromatic carbocycles. The Labute approximate surface area is 123 Å². The van der Waals surface area contributed by atoms with E-state index in [4.69, 9.17) is 10.5 Å². The minimum absolute atomic E-state index is 0.0521. The number of carbonyl (C=O) groups is 2. The van der Waals surface area contributed by atoms with E-state index in [2.05, 4.69) is 5.32 Å². The van der Waals surface area contributed by atoms with Gasteiger partial charge >= 0.3 is 11.8 Å². The highest BCUT2D eigenvalue weighted by Crippen LogP contribution is 2.35. The van der Waals surface area contributed by atoms with Gasteiger partial charge in [0.25, 0.3) is 0 Å². The molecule has 2 amide bonds. The molecule has 114 valence electrons. The Hall–Kier alpha value is -1.92. The van der Waals surface area contributed by atoms with Crippen molar-refractivity contribution in [3.8, 4) is 0 Å². The average Bonchev–Trinajstić information content (AvgIpc) is 2.53. The van der Waals surface area contributed by atoms with Crippen LogP contribution in [0.3, 0.4) is 0 Å². The molecule has 1 aliphatic heterocycles. The lowest BCUT2D eigenvalue weighted by Crippen LogP contribution is -2.49. The number of primary amides is 1. The summed E-state index contributed by atoms with van der Waals surface area (Å²) < 4.78 is 5.32. The van der Waals surface area contributed by atoms with Crippen LogP contribution in [-0.2, 0) is 19.9 Å². The lowest BCUT2D eigenvalue weighted by Gasteiger charge is -2.39. The third kappa shape index (κ3) is 3.59. The summed E-state index contributed by atoms with van der Waals surface area (Å²) in [6.07, 6.45) is 1.38. The van der Waals surface area contributed by atoms with E-state index in [1.165, 1.54) is 0 Å². The minimum atomic E-state index is -1.24. The highest BCUT2D eigenvalue weighted by Gasteiger charge is 2.39. The molecule has 2 rings (SSSR count). The molecule has 6 heteroatoms. The van der Waals surface area contributed by atoms with E-state index in [0.29, 0.717) is 31.6 Å². The maximum absolute atomic E-state index is 11.4. The molecule has 4 N–H and O–H groups in total. The van der Waals surface area contributed by atoms with Crippen LogP contribution in [0.5, 0.6) is 0 Å². The number of benzene rings is 1. The standard InChI is InChI=1S/C15H20N2O4/c16-13(18)14(19)17-10-15(20,11-4-2-1-3-5-11)12-6-8-21-9-7-12/h1-5,12,20H,6-10H2,(H2,16,18)(H,17,19)/t15-/m0/s1. The fourth-order valence-corrected chi connectivity index (χ4v) is 2.69. The van der Waals surface area contributed by atoms with Crippen molar-refractivity contribution in [1.82, 2.24) is 5.32 Å². The lowest BCUT2D eigenvalue weighted by atomic mass is 9.77. The van der Waals surface area contributed by atoms with Crippen molar-refractivity contribution < 1.29 is 19.4 Å². The van der Waals surface area contributed by atoms with Gasteiger partial charge in [0.2, 0.25) is 0 Å². The highest BCUT2D eigenvalue weighted by molar-refractivity contribution is 6.34. The summed E-state index contributed by atoms with van der Waals surface area (Å²) in [5.41, 5.74) is 4.40. The molecule has 1 aliphatic rings. The molecular formula is C15H20N2O4. The first-order valence-electron chi connectivity index (χ1n) is 6.97. The summed E-state index contributed by atoms with van der Waals surface area (Å²) in [7, 11) is 0. The van der Waals surface area contributed by atoms with Crippen molar-refractivity contribution in [3.05, 3.63) is 35.9 Å². The van der Waals surface area contributed by atoms with Crippen molar-refractivity contribution in [3.63, 3.8) is 0 Å². The van der Waals surface area contributed by atoms with Crippen LogP contribution in [0.4, 0.5) is 0 Å². The predicted molar refractivity (Wildman–Crippen MR) is 76.1 cm³/mol. The summed E-state index contributed by atoms with van der Waals surface area (Å²) >= 11 is 0. The van der Waals surface area contributed by atoms with Crippen LogP contribution in [0.2, 0.25) is 0 Å². The quantitative estimate of drug-likeness (QED) is 0.675. The zero-order valence-electron chi connectivity index (χ0n) is 11.7. The number of nitrogens with two attached hydrogens (primary N) is 1. The Kier molecular flexibility index (Phi) is 4.93. The molecule has 0 bridgehead atoms. The number of amides is 2. The molecule has 0 aliphatic carbocycles. The normalized spacial score (nSPS) is 18.7. The molecule has 1 fully saturated rings. The van der Waals surface area contributed by atoms with E-state index >= 15 is 0 Å². The summed E-state index contributed by atoms with van der Waals surface area (Å²) in [4.78, 5) is 22.2. The van der Waals surface area contributed by atoms with Crippen molar-refractivity contribution in [2.75, 3.05) is 19.8 Å². The van der Waals surface area contributed by atoms with Gasteiger partial charge in [-0.25, -0.2) is 0 Å². The zero-order valence-corrected chi connectivity index (χ0v) is 11.7. The van der Waals surface area contributed by atoms with Gasteiger partial charge in [-0.2, -0.15) is 0 Å². The Morgan fingerprint density at radius 3 is 2.48 bits per heavy atom. The van der Waals surface area contributed by atoms with Gasteiger partial charge in [-0.15, -0.1) is 0 Å². The molecule has 1 aromatic rings. The Balaban J connectivity index is 2.21. The summed E-state index contributed by atoms with van der Waals surface area (Å²) in [5, 5.41) is 13.5. The summed E-state index contributed by atoms with van der Waals surface area (Å²) in [6, 6.07) is 9.14. The fourth-order valence-electron chi connectivity index (χ4n) is 2.69. The number of hydrogen-bond acceptors (Lipinski definition) is 4. The Morgan fingerprint density at radius 1 is 1.29 bits per heavy atom. The van der Waals surface area contributed by atoms with E-state index in [1.807, 2.05) is 30.3 Å². The summed E-state index contributed by atoms with van der Waals surface area (Å²) in [5.74, 6) is -2.00. The van der Waals surface area contributed by atoms with E-state index in [9.17, 15) is 14.7 Å². The van der Waals surface area contributed by atoms with Crippen molar-refractivity contribution in [1.29, 1.82) is 0 Å². The molecule has 21 heavy (non-hydrogen) atoms. The van der Waals surface area contributed by atoms with Crippen LogP contribution in [0, 0.1) is 5.92 Å². The van der Waals surface area contributed by atoms with E-state index in [0.717, 1.165) is 0 Å². The van der Waals surface area contributed by atoms with Crippen LogP contribution < -0.4 is 11.1 Å². The maximum Gasteiger partial charge on any atom is 0.309 e. The molecule has 0 unspecified atom stereocenters. The van der Waals surface area contributed by atoms with E-state index < -0.39 is 17.4 Å². The van der Waals surface area contributed by atoms with Crippen LogP contribution in [0.15, 0.2) is 30.3 Å². The zero-order chi connectivity index (χ0) is 15.3. The molecule has 0 saturated carbocycles. The number of carbonyl (C=O) groups excluding carboxylic acids is 2. The predicted octanol–water partition coefficient (Wildman–Crippen LogP) is -0.0977. The largest absolute Gasteiger partial charge is 0.383 e. The van der Waals surface area contributed by atoms with Gasteiger partial charge in [0.15, 0.2) is 0 Å². The second-order valence-corrected chi connectivity index (χ2v) is 5.22. The molecule has 0 aromatic heterocycles. The van der Waals surface area contributed by atoms with Crippen LogP contribution >= 0.6 is 0 Å². The topological polar surface area (TPSA) is 102 Å². The van der Waals surface area contributed by atoms with Gasteiger partial charge in [-0.1, -0.05) is 30.3 Å². The first-order chi connectivity index (χ1) is 10.0. The molecule has 1 heterocycles. The van der Waals surface area contributed by atoms with Gasteiger partial charge in [0, 0.05) is 13.2 Å². The fraction of sp³-hybridized carbons (Fsp3) is 0.467. The number of rotatable bonds is 4. The second-order valence-electron chi connectivity index (χ2n) is 5.22. The first-order valence-corrected chi connectivity index (χ1v) is 6.97. The SMILES string of the molecule is NC(=O)C(=O)NC[C@](O)(c1ccccc1)C1CCOCC1. The second kappa shape index (κ2) is 6.69. The molecule has 1 saturated heterocycles. The Bertz CT molecular complexity index is 500. The summed E-state index contributed by atoms with van der Waals surface area (Å²) in [6.45, 7) is 1.09. The van der Waals surface area contributed by atoms with Gasteiger partial charge in [0.05, 0.1) is 6.54 Å². The molecular weight excluding hydrogens is 272 g/mol. The third-order valence-electron chi connectivity index (χ3n) is 3.91. The monoisotopic (exact) mass is 292 g/mol. The van der Waals surface area contributed by atoms with Crippen LogP contribution in [0.25, 0.3) is 0 Å². The number of ether oxygens (including phenoxy) is 1. The van der Waals surface area contributed by atoms with Crippen LogP contribution in [-0.4, -0.2) is 36.7 Å². The first kappa shape index (κ1) is 15.5. The van der Waals surface area contributed by atoms with Crippen molar-refractivity contribution >= 4 is 11.8 Å². The average molecular weight is 292 g/mol. The lowest BCUT2D eigenvalue weighted by molar-refractivity contribution is -0.139. The van der Waals surface area contributed by atoms with Gasteiger partial charge < -0.3 is 20.9 Å². The smallest absolute Gasteiger partial charge is 0.309 e. The van der Waals surface area contributed by atoms with Gasteiger partial charge in [-0.05, 0) is 24.3 Å². The molecule has 1 atom stereocenters. The van der Waals surface area contributed by atoms with Crippen molar-refractivity contribution in [2.24, 2.45) is 11.7 Å². The van der Waals surface area contributed by atoms with E-state index in [-0.39, 0.29) is 12.5 Å².